The highest BCUT2D eigenvalue weighted by Gasteiger charge is 2.30. The summed E-state index contributed by atoms with van der Waals surface area (Å²) in [7, 11) is -1.79. The molecule has 0 aromatic heterocycles. The van der Waals surface area contributed by atoms with E-state index in [0.717, 1.165) is 25.4 Å². The van der Waals surface area contributed by atoms with Crippen LogP contribution in [0, 0.1) is 0 Å². The summed E-state index contributed by atoms with van der Waals surface area (Å²) >= 11 is 0. The van der Waals surface area contributed by atoms with Crippen molar-refractivity contribution >= 4 is 10.0 Å². The maximum absolute atomic E-state index is 12.9. The highest BCUT2D eigenvalue weighted by Crippen LogP contribution is 2.20. The van der Waals surface area contributed by atoms with Gasteiger partial charge in [0, 0.05) is 5.56 Å². The van der Waals surface area contributed by atoms with E-state index in [1.165, 1.54) is 10.5 Å². The molecule has 7 heteroatoms. The fourth-order valence-corrected chi connectivity index (χ4v) is 4.76. The van der Waals surface area contributed by atoms with Crippen LogP contribution in [0.2, 0.25) is 0 Å². The molecule has 146 valence electrons. The molecule has 1 N–H and O–H groups in total. The lowest BCUT2D eigenvalue weighted by Crippen LogP contribution is -3.13. The Morgan fingerprint density at radius 2 is 1.74 bits per heavy atom. The first kappa shape index (κ1) is 19.7. The Morgan fingerprint density at radius 1 is 1.04 bits per heavy atom. The van der Waals surface area contributed by atoms with Gasteiger partial charge in [-0.15, -0.1) is 0 Å². The predicted octanol–water partition coefficient (Wildman–Crippen LogP) is 1.18. The topological polar surface area (TPSA) is 60.3 Å². The molecule has 3 rings (SSSR count). The van der Waals surface area contributed by atoms with Gasteiger partial charge < -0.3 is 14.4 Å². The molecule has 0 saturated carbocycles. The molecule has 0 spiro atoms. The van der Waals surface area contributed by atoms with E-state index < -0.39 is 10.0 Å². The van der Waals surface area contributed by atoms with Crippen molar-refractivity contribution in [1.82, 2.24) is 4.31 Å². The highest BCUT2D eigenvalue weighted by molar-refractivity contribution is 7.89. The number of benzene rings is 2. The SMILES string of the molecule is CCOc1ccc(S(=O)(=O)N2CC[NH+](Cc3cccc(OC)c3)CC2)cc1. The van der Waals surface area contributed by atoms with Gasteiger partial charge in [0.05, 0.1) is 44.8 Å². The van der Waals surface area contributed by atoms with Gasteiger partial charge in [0.2, 0.25) is 10.0 Å². The number of sulfonamides is 1. The first-order valence-corrected chi connectivity index (χ1v) is 10.7. The fraction of sp³-hybridized carbons (Fsp3) is 0.400. The standard InChI is InChI=1S/C20H26N2O4S/c1-3-26-18-7-9-20(10-8-18)27(23,24)22-13-11-21(12-14-22)16-17-5-4-6-19(15-17)25-2/h4-10,15H,3,11-14,16H2,1-2H3/p+1. The van der Waals surface area contributed by atoms with Crippen LogP contribution in [0.4, 0.5) is 0 Å². The summed E-state index contributed by atoms with van der Waals surface area (Å²) < 4.78 is 38.0. The number of piperazine rings is 1. The Kier molecular flexibility index (Phi) is 6.36. The maximum Gasteiger partial charge on any atom is 0.243 e. The summed E-state index contributed by atoms with van der Waals surface area (Å²) in [4.78, 5) is 1.70. The number of nitrogens with one attached hydrogen (secondary N) is 1. The normalized spacial score (nSPS) is 16.2. The largest absolute Gasteiger partial charge is 0.497 e. The van der Waals surface area contributed by atoms with Crippen LogP contribution in [0.1, 0.15) is 12.5 Å². The van der Waals surface area contributed by atoms with Gasteiger partial charge in [0.15, 0.2) is 0 Å². The third-order valence-corrected chi connectivity index (χ3v) is 6.70. The quantitative estimate of drug-likeness (QED) is 0.770. The number of hydrogen-bond donors (Lipinski definition) is 1. The zero-order valence-electron chi connectivity index (χ0n) is 15.8. The minimum Gasteiger partial charge on any atom is -0.497 e. The average molecular weight is 392 g/mol. The van der Waals surface area contributed by atoms with Crippen molar-refractivity contribution in [2.45, 2.75) is 18.4 Å². The predicted molar refractivity (Wildman–Crippen MR) is 104 cm³/mol. The summed E-state index contributed by atoms with van der Waals surface area (Å²) in [6, 6.07) is 14.7. The van der Waals surface area contributed by atoms with Crippen LogP contribution in [0.5, 0.6) is 11.5 Å². The molecule has 6 nitrogen and oxygen atoms in total. The van der Waals surface area contributed by atoms with Crippen molar-refractivity contribution in [3.8, 4) is 11.5 Å². The van der Waals surface area contributed by atoms with Crippen molar-refractivity contribution in [2.75, 3.05) is 39.9 Å². The van der Waals surface area contributed by atoms with Gasteiger partial charge in [0.25, 0.3) is 0 Å². The van der Waals surface area contributed by atoms with Gasteiger partial charge in [-0.3, -0.25) is 0 Å². The van der Waals surface area contributed by atoms with Crippen LogP contribution in [-0.4, -0.2) is 52.6 Å². The molecule has 0 amide bonds. The zero-order chi connectivity index (χ0) is 19.3. The first-order valence-electron chi connectivity index (χ1n) is 9.22. The minimum atomic E-state index is -3.46. The maximum atomic E-state index is 12.9. The van der Waals surface area contributed by atoms with E-state index in [1.54, 1.807) is 35.7 Å². The van der Waals surface area contributed by atoms with Gasteiger partial charge in [-0.1, -0.05) is 12.1 Å². The number of hydrogen-bond acceptors (Lipinski definition) is 4. The van der Waals surface area contributed by atoms with Crippen LogP contribution in [0.25, 0.3) is 0 Å². The Bertz CT molecular complexity index is 845. The van der Waals surface area contributed by atoms with E-state index in [-0.39, 0.29) is 0 Å². The molecule has 2 aromatic rings. The molecule has 0 atom stereocenters. The number of quaternary nitrogens is 1. The van der Waals surface area contributed by atoms with Crippen molar-refractivity contribution in [1.29, 1.82) is 0 Å². The molecule has 1 fully saturated rings. The Hall–Kier alpha value is -2.09. The summed E-state index contributed by atoms with van der Waals surface area (Å²) in [5.74, 6) is 1.53. The van der Waals surface area contributed by atoms with Gasteiger partial charge in [-0.2, -0.15) is 4.31 Å². The van der Waals surface area contributed by atoms with Crippen LogP contribution in [0.3, 0.4) is 0 Å². The molecule has 0 unspecified atom stereocenters. The highest BCUT2D eigenvalue weighted by atomic mass is 32.2. The summed E-state index contributed by atoms with van der Waals surface area (Å²) in [5, 5.41) is 0. The second kappa shape index (κ2) is 8.73. The molecule has 27 heavy (non-hydrogen) atoms. The zero-order valence-corrected chi connectivity index (χ0v) is 16.7. The van der Waals surface area contributed by atoms with Crippen LogP contribution in [-0.2, 0) is 16.6 Å². The van der Waals surface area contributed by atoms with E-state index in [0.29, 0.717) is 30.3 Å². The van der Waals surface area contributed by atoms with E-state index in [9.17, 15) is 8.42 Å². The van der Waals surface area contributed by atoms with E-state index in [2.05, 4.69) is 6.07 Å². The van der Waals surface area contributed by atoms with Crippen molar-refractivity contribution in [2.24, 2.45) is 0 Å². The van der Waals surface area contributed by atoms with Crippen molar-refractivity contribution < 1.29 is 22.8 Å². The Balaban J connectivity index is 1.60. The smallest absolute Gasteiger partial charge is 0.243 e. The average Bonchev–Trinajstić information content (AvgIpc) is 2.69. The molecular weight excluding hydrogens is 364 g/mol. The van der Waals surface area contributed by atoms with E-state index in [4.69, 9.17) is 9.47 Å². The van der Waals surface area contributed by atoms with Gasteiger partial charge >= 0.3 is 0 Å². The van der Waals surface area contributed by atoms with E-state index in [1.807, 2.05) is 25.1 Å². The molecule has 1 heterocycles. The van der Waals surface area contributed by atoms with E-state index >= 15 is 0 Å². The summed E-state index contributed by atoms with van der Waals surface area (Å²) in [5.41, 5.74) is 1.20. The molecule has 1 aliphatic heterocycles. The molecule has 2 aromatic carbocycles. The van der Waals surface area contributed by atoms with Gasteiger partial charge in [-0.25, -0.2) is 8.42 Å². The van der Waals surface area contributed by atoms with Crippen LogP contribution in [0.15, 0.2) is 53.4 Å². The van der Waals surface area contributed by atoms with Gasteiger partial charge in [0.1, 0.15) is 18.0 Å². The number of ether oxygens (including phenoxy) is 2. The summed E-state index contributed by atoms with van der Waals surface area (Å²) in [6.07, 6.45) is 0. The molecule has 0 aliphatic carbocycles. The van der Waals surface area contributed by atoms with Gasteiger partial charge in [-0.05, 0) is 43.3 Å². The number of rotatable bonds is 7. The summed E-state index contributed by atoms with van der Waals surface area (Å²) in [6.45, 7) is 5.95. The minimum absolute atomic E-state index is 0.321. The fourth-order valence-electron chi connectivity index (χ4n) is 3.31. The second-order valence-electron chi connectivity index (χ2n) is 6.59. The Labute approximate surface area is 161 Å². The lowest BCUT2D eigenvalue weighted by atomic mass is 10.2. The Morgan fingerprint density at radius 3 is 2.37 bits per heavy atom. The lowest BCUT2D eigenvalue weighted by molar-refractivity contribution is -0.917. The van der Waals surface area contributed by atoms with Crippen LogP contribution < -0.4 is 14.4 Å². The monoisotopic (exact) mass is 391 g/mol. The third-order valence-electron chi connectivity index (χ3n) is 4.79. The van der Waals surface area contributed by atoms with Crippen molar-refractivity contribution in [3.05, 3.63) is 54.1 Å². The molecule has 0 bridgehead atoms. The molecule has 1 saturated heterocycles. The first-order chi connectivity index (χ1) is 13.0. The van der Waals surface area contributed by atoms with Crippen LogP contribution >= 0.6 is 0 Å². The number of nitrogens with zero attached hydrogens (tertiary/aromatic N) is 1. The lowest BCUT2D eigenvalue weighted by Gasteiger charge is -2.31. The van der Waals surface area contributed by atoms with Crippen molar-refractivity contribution in [3.63, 3.8) is 0 Å². The molecule has 0 radical (unpaired) electrons. The third kappa shape index (κ3) is 4.80. The molecular formula is C20H27N2O4S+. The number of methoxy groups -OCH3 is 1. The molecule has 1 aliphatic rings. The second-order valence-corrected chi connectivity index (χ2v) is 8.52.